The summed E-state index contributed by atoms with van der Waals surface area (Å²) in [5, 5.41) is 0. The van der Waals surface area contributed by atoms with Crippen molar-refractivity contribution in [3.05, 3.63) is 28.2 Å². The zero-order valence-corrected chi connectivity index (χ0v) is 8.26. The van der Waals surface area contributed by atoms with Gasteiger partial charge in [0.15, 0.2) is 5.78 Å². The van der Waals surface area contributed by atoms with Gasteiger partial charge in [0, 0.05) is 4.47 Å². The van der Waals surface area contributed by atoms with Crippen LogP contribution < -0.4 is 0 Å². The van der Waals surface area contributed by atoms with E-state index in [1.54, 1.807) is 6.07 Å². The average Bonchev–Trinajstić information content (AvgIpc) is 2.03. The Kier molecular flexibility index (Phi) is 2.76. The van der Waals surface area contributed by atoms with Gasteiger partial charge in [0.25, 0.3) is 0 Å². The molecule has 0 amide bonds. The van der Waals surface area contributed by atoms with Gasteiger partial charge in [0.05, 0.1) is 11.3 Å². The molecule has 2 nitrogen and oxygen atoms in total. The van der Waals surface area contributed by atoms with Gasteiger partial charge in [-0.1, -0.05) is 6.07 Å². The first-order valence-corrected chi connectivity index (χ1v) is 4.22. The Hall–Kier alpha value is -0.960. The Bertz CT molecular complexity index is 333. The lowest BCUT2D eigenvalue weighted by Crippen LogP contribution is -1.93. The van der Waals surface area contributed by atoms with Crippen LogP contribution in [0.15, 0.2) is 27.7 Å². The number of Topliss-reactive ketones (excluding diaryl/α,β-unsaturated/α-hetero) is 1. The molecule has 0 saturated carbocycles. The highest BCUT2D eigenvalue weighted by Crippen LogP contribution is 2.26. The molecule has 0 N–H and O–H groups in total. The third-order valence-corrected chi connectivity index (χ3v) is 2.17. The van der Waals surface area contributed by atoms with Gasteiger partial charge in [-0.25, -0.2) is 0 Å². The van der Waals surface area contributed by atoms with Gasteiger partial charge in [-0.15, -0.1) is 0 Å². The number of rotatable bonds is 2. The van der Waals surface area contributed by atoms with Gasteiger partial charge in [0.2, 0.25) is 0 Å². The number of hydrogen-bond donors (Lipinski definition) is 0. The molecule has 1 rings (SSSR count). The van der Waals surface area contributed by atoms with Crippen molar-refractivity contribution in [1.29, 1.82) is 0 Å². The van der Waals surface area contributed by atoms with E-state index in [0.29, 0.717) is 11.3 Å². The van der Waals surface area contributed by atoms with Gasteiger partial charge >= 0.3 is 0 Å². The van der Waals surface area contributed by atoms with E-state index < -0.39 is 0 Å². The Morgan fingerprint density at radius 1 is 1.58 bits per heavy atom. The summed E-state index contributed by atoms with van der Waals surface area (Å²) in [6, 6.07) is 5.39. The van der Waals surface area contributed by atoms with Crippen LogP contribution in [0.5, 0.6) is 0 Å². The first-order chi connectivity index (χ1) is 5.66. The highest BCUT2D eigenvalue weighted by molar-refractivity contribution is 9.10. The van der Waals surface area contributed by atoms with Gasteiger partial charge < -0.3 is 0 Å². The minimum Gasteiger partial charge on any atom is -0.294 e. The van der Waals surface area contributed by atoms with E-state index in [2.05, 4.69) is 27.6 Å². The molecular weight excluding hydrogens is 218 g/mol. The number of carbonyl (C=O) groups excluding carboxylic acids is 1. The largest absolute Gasteiger partial charge is 0.294 e. The molecule has 62 valence electrons. The first-order valence-electron chi connectivity index (χ1n) is 3.43. The second-order valence-corrected chi connectivity index (χ2v) is 3.20. The van der Waals surface area contributed by atoms with Crippen LogP contribution >= 0.6 is 15.9 Å². The van der Waals surface area contributed by atoms with E-state index in [1.807, 2.05) is 12.1 Å². The maximum atomic E-state index is 11.1. The predicted molar refractivity (Wildman–Crippen MR) is 53.4 cm³/mol. The van der Waals surface area contributed by atoms with Crippen molar-refractivity contribution in [3.8, 4) is 0 Å². The molecule has 0 atom stereocenters. The molecule has 3 heteroatoms. The molecule has 0 aromatic heterocycles. The van der Waals surface area contributed by atoms with Crippen LogP contribution in [-0.4, -0.2) is 12.5 Å². The third kappa shape index (κ3) is 1.61. The number of ketones is 1. The monoisotopic (exact) mass is 225 g/mol. The fourth-order valence-electron chi connectivity index (χ4n) is 0.993. The van der Waals surface area contributed by atoms with Crippen LogP contribution in [-0.2, 0) is 0 Å². The van der Waals surface area contributed by atoms with E-state index in [9.17, 15) is 4.79 Å². The van der Waals surface area contributed by atoms with Crippen LogP contribution in [0.3, 0.4) is 0 Å². The summed E-state index contributed by atoms with van der Waals surface area (Å²) in [5.41, 5.74) is 1.21. The zero-order chi connectivity index (χ0) is 9.14. The summed E-state index contributed by atoms with van der Waals surface area (Å²) in [6.45, 7) is 4.90. The van der Waals surface area contributed by atoms with Crippen molar-refractivity contribution in [2.24, 2.45) is 4.99 Å². The smallest absolute Gasteiger partial charge is 0.163 e. The number of aliphatic imine (C=N–C) groups is 1. The summed E-state index contributed by atoms with van der Waals surface area (Å²) < 4.78 is 0.764. The fourth-order valence-corrected chi connectivity index (χ4v) is 1.63. The Morgan fingerprint density at radius 2 is 2.25 bits per heavy atom. The summed E-state index contributed by atoms with van der Waals surface area (Å²) >= 11 is 3.28. The van der Waals surface area contributed by atoms with Gasteiger partial charge in [-0.05, 0) is 41.7 Å². The standard InChI is InChI=1S/C9H8BrNO/c1-6(12)9-7(10)4-3-5-8(9)11-2/h3-5H,2H2,1H3. The summed E-state index contributed by atoms with van der Waals surface area (Å²) in [7, 11) is 0. The molecule has 0 radical (unpaired) electrons. The van der Waals surface area contributed by atoms with E-state index in [-0.39, 0.29) is 5.78 Å². The third-order valence-electron chi connectivity index (χ3n) is 1.51. The van der Waals surface area contributed by atoms with Crippen LogP contribution in [0, 0.1) is 0 Å². The predicted octanol–water partition coefficient (Wildman–Crippen LogP) is 2.98. The number of nitrogens with zero attached hydrogens (tertiary/aromatic N) is 1. The van der Waals surface area contributed by atoms with E-state index in [1.165, 1.54) is 6.92 Å². The summed E-state index contributed by atoms with van der Waals surface area (Å²) in [6.07, 6.45) is 0. The lowest BCUT2D eigenvalue weighted by atomic mass is 10.1. The Morgan fingerprint density at radius 3 is 2.67 bits per heavy atom. The van der Waals surface area contributed by atoms with E-state index in [4.69, 9.17) is 0 Å². The van der Waals surface area contributed by atoms with Crippen molar-refractivity contribution >= 4 is 34.1 Å². The zero-order valence-electron chi connectivity index (χ0n) is 6.67. The van der Waals surface area contributed by atoms with Crippen LogP contribution in [0.1, 0.15) is 17.3 Å². The molecule has 1 aromatic carbocycles. The number of benzene rings is 1. The molecular formula is C9H8BrNO. The fraction of sp³-hybridized carbons (Fsp3) is 0.111. The second kappa shape index (κ2) is 3.63. The van der Waals surface area contributed by atoms with Gasteiger partial charge in [0.1, 0.15) is 0 Å². The SMILES string of the molecule is C=Nc1cccc(Br)c1C(C)=O. The van der Waals surface area contributed by atoms with Crippen LogP contribution in [0.2, 0.25) is 0 Å². The Labute approximate surface area is 79.5 Å². The highest BCUT2D eigenvalue weighted by Gasteiger charge is 2.08. The average molecular weight is 226 g/mol. The lowest BCUT2D eigenvalue weighted by Gasteiger charge is -2.02. The summed E-state index contributed by atoms with van der Waals surface area (Å²) in [5.74, 6) is -0.00937. The van der Waals surface area contributed by atoms with Gasteiger partial charge in [-0.2, -0.15) is 0 Å². The molecule has 0 bridgehead atoms. The van der Waals surface area contributed by atoms with Crippen molar-refractivity contribution in [2.75, 3.05) is 0 Å². The van der Waals surface area contributed by atoms with Crippen molar-refractivity contribution < 1.29 is 4.79 Å². The van der Waals surface area contributed by atoms with E-state index >= 15 is 0 Å². The van der Waals surface area contributed by atoms with Gasteiger partial charge in [-0.3, -0.25) is 9.79 Å². The molecule has 0 saturated heterocycles. The van der Waals surface area contributed by atoms with Crippen molar-refractivity contribution in [2.45, 2.75) is 6.92 Å². The molecule has 0 spiro atoms. The minimum absolute atomic E-state index is 0.00937. The molecule has 0 heterocycles. The van der Waals surface area contributed by atoms with Crippen LogP contribution in [0.4, 0.5) is 5.69 Å². The molecule has 0 unspecified atom stereocenters. The minimum atomic E-state index is -0.00937. The normalized spacial score (nSPS) is 9.50. The number of hydrogen-bond acceptors (Lipinski definition) is 2. The first kappa shape index (κ1) is 9.13. The molecule has 0 aliphatic rings. The molecule has 1 aromatic rings. The topological polar surface area (TPSA) is 29.4 Å². The molecule has 0 aliphatic carbocycles. The number of carbonyl (C=O) groups is 1. The maximum Gasteiger partial charge on any atom is 0.163 e. The van der Waals surface area contributed by atoms with Crippen LogP contribution in [0.25, 0.3) is 0 Å². The van der Waals surface area contributed by atoms with E-state index in [0.717, 1.165) is 4.47 Å². The van der Waals surface area contributed by atoms with Crippen molar-refractivity contribution in [3.63, 3.8) is 0 Å². The Balaban J connectivity index is 3.39. The lowest BCUT2D eigenvalue weighted by molar-refractivity contribution is 0.101. The van der Waals surface area contributed by atoms with Crippen molar-refractivity contribution in [1.82, 2.24) is 0 Å². The maximum absolute atomic E-state index is 11.1. The number of halogens is 1. The molecule has 0 aliphatic heterocycles. The molecule has 12 heavy (non-hydrogen) atoms. The summed E-state index contributed by atoms with van der Waals surface area (Å²) in [4.78, 5) is 14.9. The highest BCUT2D eigenvalue weighted by atomic mass is 79.9. The quantitative estimate of drug-likeness (QED) is 0.563. The molecule has 0 fully saturated rings. The second-order valence-electron chi connectivity index (χ2n) is 2.35.